The van der Waals surface area contributed by atoms with E-state index < -0.39 is 17.8 Å². The first-order valence-electron chi connectivity index (χ1n) is 6.75. The van der Waals surface area contributed by atoms with Crippen LogP contribution in [0.5, 0.6) is 5.75 Å². The lowest BCUT2D eigenvalue weighted by Crippen LogP contribution is -2.16. The zero-order valence-electron chi connectivity index (χ0n) is 12.4. The van der Waals surface area contributed by atoms with E-state index in [-0.39, 0.29) is 30.1 Å². The van der Waals surface area contributed by atoms with Crippen LogP contribution in [0.1, 0.15) is 17.3 Å². The van der Waals surface area contributed by atoms with Gasteiger partial charge in [0.15, 0.2) is 0 Å². The Morgan fingerprint density at radius 2 is 2.04 bits per heavy atom. The normalized spacial score (nSPS) is 10.1. The van der Waals surface area contributed by atoms with E-state index in [0.29, 0.717) is 5.39 Å². The second-order valence-electron chi connectivity index (χ2n) is 4.32. The Hall–Kier alpha value is -3.09. The van der Waals surface area contributed by atoms with E-state index in [4.69, 9.17) is 13.9 Å². The highest BCUT2D eigenvalue weighted by molar-refractivity contribution is 5.93. The summed E-state index contributed by atoms with van der Waals surface area (Å²) in [7, 11) is 0. The molecule has 0 saturated heterocycles. The summed E-state index contributed by atoms with van der Waals surface area (Å²) in [6, 6.07) is 5.73. The van der Waals surface area contributed by atoms with Crippen LogP contribution in [0.15, 0.2) is 46.1 Å². The minimum Gasteiger partial charge on any atom is -0.462 e. The molecule has 0 unspecified atom stereocenters. The number of rotatable bonds is 5. The van der Waals surface area contributed by atoms with Crippen LogP contribution in [-0.2, 0) is 9.47 Å². The lowest BCUT2D eigenvalue weighted by Gasteiger charge is -2.06. The molecule has 23 heavy (non-hydrogen) atoms. The summed E-state index contributed by atoms with van der Waals surface area (Å²) in [4.78, 5) is 34.8. The van der Waals surface area contributed by atoms with Crippen molar-refractivity contribution in [3.8, 4) is 5.75 Å². The second-order valence-corrected chi connectivity index (χ2v) is 4.32. The number of hydrogen-bond acceptors (Lipinski definition) is 7. The van der Waals surface area contributed by atoms with Crippen molar-refractivity contribution in [2.45, 2.75) is 6.92 Å². The lowest BCUT2D eigenvalue weighted by atomic mass is 10.2. The average molecular weight is 318 g/mol. The maximum Gasteiger partial charge on any atom is 0.514 e. The Balaban J connectivity index is 2.29. The van der Waals surface area contributed by atoms with Crippen LogP contribution in [0.3, 0.4) is 0 Å². The molecule has 2 rings (SSSR count). The van der Waals surface area contributed by atoms with Gasteiger partial charge in [-0.25, -0.2) is 14.4 Å². The van der Waals surface area contributed by atoms with Gasteiger partial charge >= 0.3 is 17.8 Å². The number of hydrogen-bond donors (Lipinski definition) is 0. The third-order valence-electron chi connectivity index (χ3n) is 2.72. The van der Waals surface area contributed by atoms with Gasteiger partial charge in [0.25, 0.3) is 0 Å². The summed E-state index contributed by atoms with van der Waals surface area (Å²) in [6.07, 6.45) is 0.493. The third kappa shape index (κ3) is 3.97. The highest BCUT2D eigenvalue weighted by Gasteiger charge is 2.15. The van der Waals surface area contributed by atoms with Gasteiger partial charge in [0.1, 0.15) is 23.5 Å². The molecule has 0 bridgehead atoms. The smallest absolute Gasteiger partial charge is 0.462 e. The van der Waals surface area contributed by atoms with Crippen molar-refractivity contribution < 1.29 is 28.2 Å². The van der Waals surface area contributed by atoms with Crippen molar-refractivity contribution in [1.29, 1.82) is 0 Å². The molecule has 0 N–H and O–H groups in total. The summed E-state index contributed by atoms with van der Waals surface area (Å²) in [5.41, 5.74) is -0.863. The molecule has 1 heterocycles. The van der Waals surface area contributed by atoms with Crippen LogP contribution < -0.4 is 10.4 Å². The molecular weight excluding hydrogens is 304 g/mol. The fraction of sp³-hybridized carbons (Fsp3) is 0.188. The van der Waals surface area contributed by atoms with Gasteiger partial charge in [0, 0.05) is 11.5 Å². The number of carbonyl (C=O) groups excluding carboxylic acids is 2. The maximum atomic E-state index is 11.8. The summed E-state index contributed by atoms with van der Waals surface area (Å²) in [5, 5.41) is 0.486. The number of ether oxygens (including phenoxy) is 3. The highest BCUT2D eigenvalue weighted by atomic mass is 16.7. The van der Waals surface area contributed by atoms with Crippen molar-refractivity contribution in [2.75, 3.05) is 13.2 Å². The van der Waals surface area contributed by atoms with Crippen LogP contribution in [-0.4, -0.2) is 25.3 Å². The molecule has 0 radical (unpaired) electrons. The molecule has 0 aliphatic heterocycles. The lowest BCUT2D eigenvalue weighted by molar-refractivity contribution is 0.0521. The van der Waals surface area contributed by atoms with Crippen LogP contribution >= 0.6 is 0 Å². The van der Waals surface area contributed by atoms with Gasteiger partial charge in [0.05, 0.1) is 6.61 Å². The first-order chi connectivity index (χ1) is 11.0. The van der Waals surface area contributed by atoms with Gasteiger partial charge < -0.3 is 18.6 Å². The van der Waals surface area contributed by atoms with E-state index in [1.54, 1.807) is 6.92 Å². The van der Waals surface area contributed by atoms with Gasteiger partial charge in [-0.1, -0.05) is 12.7 Å². The molecule has 7 nitrogen and oxygen atoms in total. The van der Waals surface area contributed by atoms with Gasteiger partial charge in [-0.3, -0.25) is 0 Å². The van der Waals surface area contributed by atoms with Crippen LogP contribution in [0.4, 0.5) is 4.79 Å². The van der Waals surface area contributed by atoms with E-state index in [2.05, 4.69) is 11.3 Å². The van der Waals surface area contributed by atoms with Crippen molar-refractivity contribution in [3.05, 3.63) is 52.9 Å². The van der Waals surface area contributed by atoms with Crippen molar-refractivity contribution >= 4 is 23.1 Å². The van der Waals surface area contributed by atoms with Gasteiger partial charge in [-0.05, 0) is 25.1 Å². The maximum absolute atomic E-state index is 11.8. The Morgan fingerprint density at radius 1 is 1.26 bits per heavy atom. The molecule has 120 valence electrons. The summed E-state index contributed by atoms with van der Waals surface area (Å²) >= 11 is 0. The summed E-state index contributed by atoms with van der Waals surface area (Å²) in [6.45, 7) is 5.21. The first-order valence-corrected chi connectivity index (χ1v) is 6.75. The van der Waals surface area contributed by atoms with E-state index in [0.717, 1.165) is 0 Å². The monoisotopic (exact) mass is 318 g/mol. The quantitative estimate of drug-likeness (QED) is 0.362. The Morgan fingerprint density at radius 3 is 2.74 bits per heavy atom. The Kier molecular flexibility index (Phi) is 5.14. The van der Waals surface area contributed by atoms with Crippen LogP contribution in [0.25, 0.3) is 11.0 Å². The second kappa shape index (κ2) is 7.26. The van der Waals surface area contributed by atoms with Crippen molar-refractivity contribution in [3.63, 3.8) is 0 Å². The fourth-order valence-corrected chi connectivity index (χ4v) is 1.76. The standard InChI is InChI=1S/C16H14O7/c1-3-7-21-16(19)22-11-6-5-10-8-12(14(17)20-4-2)15(18)23-13(10)9-11/h3,5-6,8-9H,1,4,7H2,2H3. The number of fused-ring (bicyclic) bond motifs is 1. The molecule has 1 aromatic heterocycles. The molecule has 0 fully saturated rings. The number of esters is 1. The molecule has 2 aromatic rings. The van der Waals surface area contributed by atoms with Crippen molar-refractivity contribution in [2.24, 2.45) is 0 Å². The largest absolute Gasteiger partial charge is 0.514 e. The SMILES string of the molecule is C=CCOC(=O)Oc1ccc2cc(C(=O)OCC)c(=O)oc2c1. The van der Waals surface area contributed by atoms with Gasteiger partial charge in [-0.15, -0.1) is 0 Å². The highest BCUT2D eigenvalue weighted by Crippen LogP contribution is 2.21. The third-order valence-corrected chi connectivity index (χ3v) is 2.72. The van der Waals surface area contributed by atoms with Crippen LogP contribution in [0, 0.1) is 0 Å². The predicted molar refractivity (Wildman–Crippen MR) is 80.6 cm³/mol. The van der Waals surface area contributed by atoms with E-state index in [1.165, 1.54) is 30.3 Å². The molecule has 0 aliphatic rings. The fourth-order valence-electron chi connectivity index (χ4n) is 1.76. The summed E-state index contributed by atoms with van der Waals surface area (Å²) < 4.78 is 19.4. The minimum atomic E-state index is -0.908. The first kappa shape index (κ1) is 16.3. The molecular formula is C16H14O7. The van der Waals surface area contributed by atoms with Gasteiger partial charge in [0.2, 0.25) is 0 Å². The zero-order chi connectivity index (χ0) is 16.8. The molecule has 0 aliphatic carbocycles. The number of carbonyl (C=O) groups is 2. The van der Waals surface area contributed by atoms with E-state index >= 15 is 0 Å². The molecule has 0 spiro atoms. The minimum absolute atomic E-state index is 0.0183. The average Bonchev–Trinajstić information content (AvgIpc) is 2.52. The summed E-state index contributed by atoms with van der Waals surface area (Å²) in [5.74, 6) is -0.616. The predicted octanol–water partition coefficient (Wildman–Crippen LogP) is 2.67. The molecule has 7 heteroatoms. The molecule has 0 amide bonds. The number of benzene rings is 1. The molecule has 1 aromatic carbocycles. The topological polar surface area (TPSA) is 92.0 Å². The Labute approximate surface area is 131 Å². The van der Waals surface area contributed by atoms with Gasteiger partial charge in [-0.2, -0.15) is 0 Å². The van der Waals surface area contributed by atoms with Crippen LogP contribution in [0.2, 0.25) is 0 Å². The van der Waals surface area contributed by atoms with E-state index in [1.807, 2.05) is 0 Å². The molecule has 0 saturated carbocycles. The Bertz CT molecular complexity index is 804. The molecule has 0 atom stereocenters. The van der Waals surface area contributed by atoms with E-state index in [9.17, 15) is 14.4 Å². The zero-order valence-corrected chi connectivity index (χ0v) is 12.4. The van der Waals surface area contributed by atoms with Crippen molar-refractivity contribution in [1.82, 2.24) is 0 Å².